The van der Waals surface area contributed by atoms with Gasteiger partial charge in [0, 0.05) is 12.2 Å². The molecule has 0 radical (unpaired) electrons. The highest BCUT2D eigenvalue weighted by atomic mass is 32.2. The number of hydrogen-bond acceptors (Lipinski definition) is 7. The zero-order chi connectivity index (χ0) is 13.5. The Hall–Kier alpha value is -1.34. The van der Waals surface area contributed by atoms with Gasteiger partial charge in [-0.05, 0) is 25.5 Å². The number of carbonyl (C=O) groups excluding carboxylic acids is 1. The van der Waals surface area contributed by atoms with Gasteiger partial charge >= 0.3 is 0 Å². The molecule has 19 heavy (non-hydrogen) atoms. The third kappa shape index (κ3) is 5.04. The molecule has 0 amide bonds. The van der Waals surface area contributed by atoms with E-state index < -0.39 is 0 Å². The minimum Gasteiger partial charge on any atom is -0.467 e. The molecule has 0 unspecified atom stereocenters. The van der Waals surface area contributed by atoms with E-state index in [2.05, 4.69) is 15.5 Å². The van der Waals surface area contributed by atoms with Crippen molar-refractivity contribution in [2.24, 2.45) is 0 Å². The van der Waals surface area contributed by atoms with E-state index in [1.807, 2.05) is 12.1 Å². The summed E-state index contributed by atoms with van der Waals surface area (Å²) in [5.41, 5.74) is 0. The number of aromatic nitrogens is 2. The van der Waals surface area contributed by atoms with Crippen molar-refractivity contribution in [2.75, 3.05) is 11.1 Å². The summed E-state index contributed by atoms with van der Waals surface area (Å²) < 4.78 is 6.14. The van der Waals surface area contributed by atoms with Crippen LogP contribution in [0.15, 0.2) is 27.2 Å². The van der Waals surface area contributed by atoms with Crippen LogP contribution in [0.25, 0.3) is 0 Å². The van der Waals surface area contributed by atoms with Gasteiger partial charge in [0.1, 0.15) is 11.5 Å². The molecule has 2 aromatic heterocycles. The molecule has 0 saturated carbocycles. The summed E-state index contributed by atoms with van der Waals surface area (Å²) in [6.45, 7) is 2.23. The van der Waals surface area contributed by atoms with Crippen molar-refractivity contribution in [2.45, 2.75) is 30.6 Å². The van der Waals surface area contributed by atoms with Gasteiger partial charge < -0.3 is 14.5 Å². The minimum atomic E-state index is 0.235. The summed E-state index contributed by atoms with van der Waals surface area (Å²) >= 11 is 3.15. The number of rotatable bonds is 8. The van der Waals surface area contributed by atoms with Crippen LogP contribution in [0.5, 0.6) is 0 Å². The van der Waals surface area contributed by atoms with E-state index in [0.717, 1.165) is 27.4 Å². The highest BCUT2D eigenvalue weighted by Gasteiger charge is 2.05. The van der Waals surface area contributed by atoms with E-state index in [0.29, 0.717) is 13.0 Å². The van der Waals surface area contributed by atoms with Gasteiger partial charge in [0.25, 0.3) is 0 Å². The normalized spacial score (nSPS) is 10.6. The van der Waals surface area contributed by atoms with Crippen molar-refractivity contribution >= 4 is 34.0 Å². The number of carbonyl (C=O) groups is 1. The fraction of sp³-hybridized carbons (Fsp3) is 0.417. The van der Waals surface area contributed by atoms with Crippen molar-refractivity contribution in [3.8, 4) is 0 Å². The molecule has 0 saturated heterocycles. The number of Topliss-reactive ketones (excluding diaryl/α,β-unsaturated/α-hetero) is 1. The Kier molecular flexibility index (Phi) is 5.41. The van der Waals surface area contributed by atoms with E-state index in [1.54, 1.807) is 24.9 Å². The average Bonchev–Trinajstić information content (AvgIpc) is 3.03. The van der Waals surface area contributed by atoms with Crippen LogP contribution in [0, 0.1) is 0 Å². The molecule has 0 spiro atoms. The zero-order valence-corrected chi connectivity index (χ0v) is 12.2. The molecule has 0 aliphatic carbocycles. The second-order valence-corrected chi connectivity index (χ2v) is 6.28. The topological polar surface area (TPSA) is 68.0 Å². The molecule has 0 aliphatic heterocycles. The number of nitrogens with one attached hydrogen (secondary N) is 1. The number of thioether (sulfide) groups is 1. The lowest BCUT2D eigenvalue weighted by molar-refractivity contribution is -0.117. The molecule has 5 nitrogen and oxygen atoms in total. The van der Waals surface area contributed by atoms with Gasteiger partial charge in [-0.25, -0.2) is 0 Å². The van der Waals surface area contributed by atoms with Crippen LogP contribution in [0.4, 0.5) is 5.13 Å². The van der Waals surface area contributed by atoms with Crippen molar-refractivity contribution in [3.63, 3.8) is 0 Å². The first-order valence-electron chi connectivity index (χ1n) is 5.96. The maximum absolute atomic E-state index is 10.8. The van der Waals surface area contributed by atoms with E-state index in [1.165, 1.54) is 11.3 Å². The summed E-state index contributed by atoms with van der Waals surface area (Å²) in [5.74, 6) is 2.00. The van der Waals surface area contributed by atoms with Crippen LogP contribution in [-0.2, 0) is 11.3 Å². The second kappa shape index (κ2) is 7.30. The Morgan fingerprint density at radius 3 is 3.16 bits per heavy atom. The Labute approximate surface area is 119 Å². The van der Waals surface area contributed by atoms with Crippen LogP contribution in [-0.4, -0.2) is 21.7 Å². The SMILES string of the molecule is CC(=O)CCCSc1nnc(NCc2ccco2)s1. The molecule has 2 aromatic rings. The first kappa shape index (κ1) is 14.1. The summed E-state index contributed by atoms with van der Waals surface area (Å²) in [4.78, 5) is 10.8. The first-order valence-corrected chi connectivity index (χ1v) is 7.76. The first-order chi connectivity index (χ1) is 9.24. The molecule has 2 rings (SSSR count). The Balaban J connectivity index is 1.71. The lowest BCUT2D eigenvalue weighted by Gasteiger charge is -1.97. The largest absolute Gasteiger partial charge is 0.467 e. The maximum Gasteiger partial charge on any atom is 0.206 e. The van der Waals surface area contributed by atoms with Crippen molar-refractivity contribution in [3.05, 3.63) is 24.2 Å². The summed E-state index contributed by atoms with van der Waals surface area (Å²) in [7, 11) is 0. The number of nitrogens with zero attached hydrogens (tertiary/aromatic N) is 2. The molecule has 0 atom stereocenters. The molecule has 0 aliphatic rings. The Morgan fingerprint density at radius 1 is 1.53 bits per heavy atom. The van der Waals surface area contributed by atoms with Crippen molar-refractivity contribution in [1.29, 1.82) is 0 Å². The molecule has 102 valence electrons. The number of anilines is 1. The summed E-state index contributed by atoms with van der Waals surface area (Å²) in [6.07, 6.45) is 3.16. The molecule has 0 aromatic carbocycles. The molecule has 1 N–H and O–H groups in total. The third-order valence-corrected chi connectivity index (χ3v) is 4.40. The summed E-state index contributed by atoms with van der Waals surface area (Å²) in [6, 6.07) is 3.76. The van der Waals surface area contributed by atoms with Crippen LogP contribution in [0.3, 0.4) is 0 Å². The van der Waals surface area contributed by atoms with Gasteiger partial charge in [-0.3, -0.25) is 0 Å². The molecule has 7 heteroatoms. The van der Waals surface area contributed by atoms with Crippen molar-refractivity contribution in [1.82, 2.24) is 10.2 Å². The fourth-order valence-corrected chi connectivity index (χ4v) is 3.15. The van der Waals surface area contributed by atoms with E-state index >= 15 is 0 Å². The lowest BCUT2D eigenvalue weighted by Crippen LogP contribution is -1.96. The van der Waals surface area contributed by atoms with Gasteiger partial charge in [0.15, 0.2) is 4.34 Å². The monoisotopic (exact) mass is 297 g/mol. The molecule has 2 heterocycles. The average molecular weight is 297 g/mol. The van der Waals surface area contributed by atoms with Crippen LogP contribution < -0.4 is 5.32 Å². The van der Waals surface area contributed by atoms with Crippen LogP contribution in [0.1, 0.15) is 25.5 Å². The third-order valence-electron chi connectivity index (χ3n) is 2.30. The van der Waals surface area contributed by atoms with E-state index in [-0.39, 0.29) is 5.78 Å². The summed E-state index contributed by atoms with van der Waals surface area (Å²) in [5, 5.41) is 12.1. The van der Waals surface area contributed by atoms with Crippen molar-refractivity contribution < 1.29 is 9.21 Å². The Bertz CT molecular complexity index is 511. The van der Waals surface area contributed by atoms with Crippen LogP contribution in [0.2, 0.25) is 0 Å². The highest BCUT2D eigenvalue weighted by molar-refractivity contribution is 8.01. The van der Waals surface area contributed by atoms with Gasteiger partial charge in [-0.15, -0.1) is 10.2 Å². The smallest absolute Gasteiger partial charge is 0.206 e. The van der Waals surface area contributed by atoms with Gasteiger partial charge in [-0.2, -0.15) is 0 Å². The van der Waals surface area contributed by atoms with Crippen LogP contribution >= 0.6 is 23.1 Å². The molecular formula is C12H15N3O2S2. The standard InChI is InChI=1S/C12H15N3O2S2/c1-9(16)4-3-7-18-12-15-14-11(19-12)13-8-10-5-2-6-17-10/h2,5-6H,3-4,7-8H2,1H3,(H,13,14). The zero-order valence-electron chi connectivity index (χ0n) is 10.6. The van der Waals surface area contributed by atoms with Gasteiger partial charge in [-0.1, -0.05) is 23.1 Å². The number of ketones is 1. The molecule has 0 bridgehead atoms. The quantitative estimate of drug-likeness (QED) is 0.596. The number of hydrogen-bond donors (Lipinski definition) is 1. The minimum absolute atomic E-state index is 0.235. The van der Waals surface area contributed by atoms with E-state index in [4.69, 9.17) is 4.42 Å². The predicted molar refractivity (Wildman–Crippen MR) is 76.6 cm³/mol. The second-order valence-electron chi connectivity index (χ2n) is 3.96. The van der Waals surface area contributed by atoms with E-state index in [9.17, 15) is 4.79 Å². The van der Waals surface area contributed by atoms with Gasteiger partial charge in [0.2, 0.25) is 5.13 Å². The maximum atomic E-state index is 10.8. The number of furan rings is 1. The highest BCUT2D eigenvalue weighted by Crippen LogP contribution is 2.26. The van der Waals surface area contributed by atoms with Gasteiger partial charge in [0.05, 0.1) is 12.8 Å². The molecule has 0 fully saturated rings. The molecular weight excluding hydrogens is 282 g/mol. The predicted octanol–water partition coefficient (Wildman–Crippen LogP) is 3.20. The fourth-order valence-electron chi connectivity index (χ4n) is 1.40. The Morgan fingerprint density at radius 2 is 2.42 bits per heavy atom. The lowest BCUT2D eigenvalue weighted by atomic mass is 10.3.